The minimum absolute atomic E-state index is 0.353. The SMILES string of the molecule is CCC1CCC(N2CCC(n3cccc3C(=O)O)CC2)C1. The highest BCUT2D eigenvalue weighted by atomic mass is 16.4. The molecule has 0 amide bonds. The lowest BCUT2D eigenvalue weighted by Crippen LogP contribution is -2.41. The van der Waals surface area contributed by atoms with Crippen molar-refractivity contribution >= 4 is 5.97 Å². The summed E-state index contributed by atoms with van der Waals surface area (Å²) in [6.45, 7) is 4.53. The van der Waals surface area contributed by atoms with Crippen LogP contribution >= 0.6 is 0 Å². The van der Waals surface area contributed by atoms with Crippen LogP contribution in [-0.4, -0.2) is 39.7 Å². The third-order valence-electron chi connectivity index (χ3n) is 5.50. The number of likely N-dealkylation sites (tertiary alicyclic amines) is 1. The molecule has 1 saturated heterocycles. The van der Waals surface area contributed by atoms with E-state index in [0.29, 0.717) is 11.7 Å². The molecule has 1 aromatic heterocycles. The number of carboxylic acid groups (broad SMARTS) is 1. The van der Waals surface area contributed by atoms with E-state index in [2.05, 4.69) is 11.8 Å². The fraction of sp³-hybridized carbons (Fsp3) is 0.706. The van der Waals surface area contributed by atoms with Crippen molar-refractivity contribution in [2.24, 2.45) is 5.92 Å². The van der Waals surface area contributed by atoms with E-state index in [9.17, 15) is 9.90 Å². The summed E-state index contributed by atoms with van der Waals surface area (Å²) >= 11 is 0. The molecule has 1 aliphatic carbocycles. The van der Waals surface area contributed by atoms with Gasteiger partial charge in [0.1, 0.15) is 5.69 Å². The number of hydrogen-bond acceptors (Lipinski definition) is 2. The maximum Gasteiger partial charge on any atom is 0.352 e. The summed E-state index contributed by atoms with van der Waals surface area (Å²) in [6.07, 6.45) is 9.50. The Bertz CT molecular complexity index is 489. The van der Waals surface area contributed by atoms with E-state index in [1.165, 1.54) is 25.7 Å². The van der Waals surface area contributed by atoms with Gasteiger partial charge in [0.25, 0.3) is 0 Å². The minimum atomic E-state index is -0.816. The molecule has 4 nitrogen and oxygen atoms in total. The number of aromatic nitrogens is 1. The Morgan fingerprint density at radius 1 is 1.24 bits per heavy atom. The molecule has 1 aromatic rings. The van der Waals surface area contributed by atoms with Gasteiger partial charge in [0.05, 0.1) is 0 Å². The predicted octanol–water partition coefficient (Wildman–Crippen LogP) is 3.40. The van der Waals surface area contributed by atoms with Crippen molar-refractivity contribution in [3.05, 3.63) is 24.0 Å². The number of hydrogen-bond donors (Lipinski definition) is 1. The number of rotatable bonds is 4. The molecule has 1 aliphatic heterocycles. The molecule has 0 bridgehead atoms. The first-order chi connectivity index (χ1) is 10.2. The molecule has 116 valence electrons. The number of aromatic carboxylic acids is 1. The molecular weight excluding hydrogens is 264 g/mol. The van der Waals surface area contributed by atoms with E-state index in [1.807, 2.05) is 16.8 Å². The molecule has 2 fully saturated rings. The topological polar surface area (TPSA) is 45.5 Å². The van der Waals surface area contributed by atoms with Gasteiger partial charge in [-0.25, -0.2) is 4.79 Å². The zero-order valence-corrected chi connectivity index (χ0v) is 12.9. The summed E-state index contributed by atoms with van der Waals surface area (Å²) in [5.74, 6) is 0.111. The molecule has 0 spiro atoms. The molecule has 1 N–H and O–H groups in total. The second-order valence-electron chi connectivity index (χ2n) is 6.61. The van der Waals surface area contributed by atoms with E-state index >= 15 is 0 Å². The molecule has 0 aromatic carbocycles. The van der Waals surface area contributed by atoms with E-state index in [-0.39, 0.29) is 0 Å². The zero-order chi connectivity index (χ0) is 14.8. The fourth-order valence-electron chi connectivity index (χ4n) is 4.17. The maximum atomic E-state index is 11.2. The lowest BCUT2D eigenvalue weighted by Gasteiger charge is -2.37. The first-order valence-corrected chi connectivity index (χ1v) is 8.33. The third kappa shape index (κ3) is 3.00. The summed E-state index contributed by atoms with van der Waals surface area (Å²) in [6, 6.07) is 4.68. The normalized spacial score (nSPS) is 28.0. The number of piperidine rings is 1. The van der Waals surface area contributed by atoms with Gasteiger partial charge in [-0.15, -0.1) is 0 Å². The largest absolute Gasteiger partial charge is 0.477 e. The lowest BCUT2D eigenvalue weighted by molar-refractivity contribution is 0.0675. The monoisotopic (exact) mass is 290 g/mol. The van der Waals surface area contributed by atoms with Crippen LogP contribution in [0.3, 0.4) is 0 Å². The second-order valence-corrected chi connectivity index (χ2v) is 6.61. The van der Waals surface area contributed by atoms with E-state index in [1.54, 1.807) is 6.07 Å². The molecule has 4 heteroatoms. The Morgan fingerprint density at radius 2 is 2.00 bits per heavy atom. The van der Waals surface area contributed by atoms with E-state index in [4.69, 9.17) is 0 Å². The van der Waals surface area contributed by atoms with Crippen LogP contribution < -0.4 is 0 Å². The highest BCUT2D eigenvalue weighted by Crippen LogP contribution is 2.34. The third-order valence-corrected chi connectivity index (χ3v) is 5.50. The molecule has 0 radical (unpaired) electrons. The van der Waals surface area contributed by atoms with Crippen molar-refractivity contribution in [1.82, 2.24) is 9.47 Å². The first kappa shape index (κ1) is 14.6. The smallest absolute Gasteiger partial charge is 0.352 e. The molecule has 2 atom stereocenters. The van der Waals surface area contributed by atoms with Crippen molar-refractivity contribution in [2.75, 3.05) is 13.1 Å². The standard InChI is InChI=1S/C17H26N2O2/c1-2-13-5-6-15(12-13)18-10-7-14(8-11-18)19-9-3-4-16(19)17(20)21/h3-4,9,13-15H,2,5-8,10-12H2,1H3,(H,20,21). The maximum absolute atomic E-state index is 11.2. The fourth-order valence-corrected chi connectivity index (χ4v) is 4.17. The molecular formula is C17H26N2O2. The Labute approximate surface area is 126 Å². The molecule has 2 heterocycles. The average Bonchev–Trinajstić information content (AvgIpc) is 3.16. The summed E-state index contributed by atoms with van der Waals surface area (Å²) < 4.78 is 1.96. The van der Waals surface area contributed by atoms with Crippen LogP contribution in [0.1, 0.15) is 62.0 Å². The highest BCUT2D eigenvalue weighted by molar-refractivity contribution is 5.85. The Kier molecular flexibility index (Phi) is 4.34. The van der Waals surface area contributed by atoms with Crippen LogP contribution in [0.2, 0.25) is 0 Å². The molecule has 2 unspecified atom stereocenters. The van der Waals surface area contributed by atoms with Crippen LogP contribution in [0.5, 0.6) is 0 Å². The van der Waals surface area contributed by atoms with Crippen LogP contribution in [-0.2, 0) is 0 Å². The van der Waals surface area contributed by atoms with Crippen molar-refractivity contribution in [3.63, 3.8) is 0 Å². The summed E-state index contributed by atoms with van der Waals surface area (Å²) in [7, 11) is 0. The Morgan fingerprint density at radius 3 is 2.62 bits per heavy atom. The highest BCUT2D eigenvalue weighted by Gasteiger charge is 2.31. The van der Waals surface area contributed by atoms with Crippen molar-refractivity contribution in [2.45, 2.75) is 57.5 Å². The number of carbonyl (C=O) groups is 1. The van der Waals surface area contributed by atoms with Crippen LogP contribution in [0, 0.1) is 5.92 Å². The molecule has 21 heavy (non-hydrogen) atoms. The van der Waals surface area contributed by atoms with Crippen molar-refractivity contribution in [3.8, 4) is 0 Å². The van der Waals surface area contributed by atoms with Gasteiger partial charge in [-0.1, -0.05) is 13.3 Å². The zero-order valence-electron chi connectivity index (χ0n) is 12.9. The van der Waals surface area contributed by atoms with Crippen molar-refractivity contribution < 1.29 is 9.90 Å². The quantitative estimate of drug-likeness (QED) is 0.924. The van der Waals surface area contributed by atoms with Crippen molar-refractivity contribution in [1.29, 1.82) is 0 Å². The Hall–Kier alpha value is -1.29. The average molecular weight is 290 g/mol. The van der Waals surface area contributed by atoms with Crippen LogP contribution in [0.15, 0.2) is 18.3 Å². The molecule has 2 aliphatic rings. The van der Waals surface area contributed by atoms with Gasteiger partial charge in [-0.05, 0) is 50.2 Å². The molecule has 3 rings (SSSR count). The lowest BCUT2D eigenvalue weighted by atomic mass is 10.0. The van der Waals surface area contributed by atoms with Gasteiger partial charge in [0.15, 0.2) is 0 Å². The van der Waals surface area contributed by atoms with Crippen LogP contribution in [0.4, 0.5) is 0 Å². The van der Waals surface area contributed by atoms with E-state index in [0.717, 1.165) is 37.9 Å². The second kappa shape index (κ2) is 6.22. The number of nitrogens with zero attached hydrogens (tertiary/aromatic N) is 2. The van der Waals surface area contributed by atoms with Gasteiger partial charge in [-0.2, -0.15) is 0 Å². The van der Waals surface area contributed by atoms with Gasteiger partial charge < -0.3 is 14.6 Å². The summed E-state index contributed by atoms with van der Waals surface area (Å²) in [5, 5.41) is 9.23. The number of carboxylic acids is 1. The van der Waals surface area contributed by atoms with E-state index < -0.39 is 5.97 Å². The Balaban J connectivity index is 1.58. The predicted molar refractivity (Wildman–Crippen MR) is 82.7 cm³/mol. The van der Waals surface area contributed by atoms with Gasteiger partial charge in [0, 0.05) is 31.4 Å². The van der Waals surface area contributed by atoms with Gasteiger partial charge in [0.2, 0.25) is 0 Å². The first-order valence-electron chi connectivity index (χ1n) is 8.33. The van der Waals surface area contributed by atoms with Gasteiger partial charge in [-0.3, -0.25) is 0 Å². The molecule has 1 saturated carbocycles. The minimum Gasteiger partial charge on any atom is -0.477 e. The summed E-state index contributed by atoms with van der Waals surface area (Å²) in [5.41, 5.74) is 0.431. The summed E-state index contributed by atoms with van der Waals surface area (Å²) in [4.78, 5) is 13.9. The van der Waals surface area contributed by atoms with Crippen LogP contribution in [0.25, 0.3) is 0 Å². The van der Waals surface area contributed by atoms with Gasteiger partial charge >= 0.3 is 5.97 Å².